The highest BCUT2D eigenvalue weighted by molar-refractivity contribution is 7.88. The molecule has 0 N–H and O–H groups in total. The molecule has 0 saturated carbocycles. The van der Waals surface area contributed by atoms with Gasteiger partial charge < -0.3 is 28.4 Å². The van der Waals surface area contributed by atoms with E-state index < -0.39 is 12.6 Å². The first-order valence-corrected chi connectivity index (χ1v) is 22.7. The number of nitrogens with zero attached hydrogens (tertiary/aromatic N) is 1. The average molecular weight is 832 g/mol. The van der Waals surface area contributed by atoms with E-state index in [9.17, 15) is 0 Å². The van der Waals surface area contributed by atoms with Gasteiger partial charge in [0.05, 0.1) is 18.6 Å². The molecule has 1 heterocycles. The summed E-state index contributed by atoms with van der Waals surface area (Å²) in [7, 11) is -0.145. The molecular weight excluding hydrogens is 786 g/mol. The summed E-state index contributed by atoms with van der Waals surface area (Å²) in [6.07, 6.45) is 0. The number of fused-ring (bicyclic) bond motifs is 5. The van der Waals surface area contributed by atoms with Gasteiger partial charge in [0.1, 0.15) is 24.7 Å². The number of allylic oxidation sites excluding steroid dienone is 1. The van der Waals surface area contributed by atoms with Crippen LogP contribution in [0.2, 0.25) is 0 Å². The standard InChI is InChI=1S/C55H46NO5P/c1-58-32-34-60-46-27-22-41(23-28-46)55(42-24-29-47(30-25-42)61-35-33-59-2)51-38-45(56(43-16-6-3-7-17-43)44-18-8-4-9-19-44)26-31-49(51)54-53(55)50-36-39-14-12-13-15-40(39)37-52(50)62(54,57)48-20-10-5-11-21-48/h3-31,36-38H,32-35H2,1-2H3. The zero-order valence-electron chi connectivity index (χ0n) is 34.7. The molecule has 8 aromatic carbocycles. The first-order chi connectivity index (χ1) is 30.5. The molecule has 0 saturated heterocycles. The fourth-order valence-electron chi connectivity index (χ4n) is 9.46. The second-order valence-electron chi connectivity index (χ2n) is 15.6. The molecular formula is C55H46NO5P. The average Bonchev–Trinajstić information content (AvgIpc) is 3.77. The SMILES string of the molecule is COCCOc1ccc(C2(c3ccc(OCCOC)cc3)C3=C(c4ccc(N(c5ccccc5)c5ccccc5)cc42)P(=O)(c2ccccc2)c2cc4ccccc4cc23)cc1. The third-order valence-electron chi connectivity index (χ3n) is 12.2. The lowest BCUT2D eigenvalue weighted by Crippen LogP contribution is -2.30. The van der Waals surface area contributed by atoms with E-state index in [1.54, 1.807) is 14.2 Å². The molecule has 62 heavy (non-hydrogen) atoms. The summed E-state index contributed by atoms with van der Waals surface area (Å²) in [5, 5.41) is 4.70. The molecule has 0 spiro atoms. The fourth-order valence-corrected chi connectivity index (χ4v) is 12.8. The lowest BCUT2D eigenvalue weighted by molar-refractivity contribution is 0.146. The monoisotopic (exact) mass is 831 g/mol. The first kappa shape index (κ1) is 39.4. The van der Waals surface area contributed by atoms with Crippen molar-refractivity contribution in [2.45, 2.75) is 5.41 Å². The Morgan fingerprint density at radius 3 is 1.52 bits per heavy atom. The molecule has 1 aliphatic heterocycles. The van der Waals surface area contributed by atoms with Crippen LogP contribution in [0.3, 0.4) is 0 Å². The number of ether oxygens (including phenoxy) is 4. The highest BCUT2D eigenvalue weighted by Crippen LogP contribution is 2.74. The van der Waals surface area contributed by atoms with Crippen molar-refractivity contribution in [1.29, 1.82) is 0 Å². The number of anilines is 3. The summed E-state index contributed by atoms with van der Waals surface area (Å²) < 4.78 is 39.8. The van der Waals surface area contributed by atoms with Gasteiger partial charge >= 0.3 is 0 Å². The smallest absolute Gasteiger partial charge is 0.172 e. The van der Waals surface area contributed by atoms with Gasteiger partial charge in [-0.15, -0.1) is 0 Å². The Labute approximate surface area is 363 Å². The Hall–Kier alpha value is -6.69. The molecule has 306 valence electrons. The Bertz CT molecular complexity index is 2860. The molecule has 1 aliphatic carbocycles. The number of hydrogen-bond acceptors (Lipinski definition) is 6. The summed E-state index contributed by atoms with van der Waals surface area (Å²) in [5.41, 5.74) is 8.21. The van der Waals surface area contributed by atoms with Crippen LogP contribution >= 0.6 is 7.14 Å². The van der Waals surface area contributed by atoms with E-state index in [1.807, 2.05) is 66.7 Å². The molecule has 0 amide bonds. The number of methoxy groups -OCH3 is 2. The van der Waals surface area contributed by atoms with Crippen molar-refractivity contribution >= 4 is 56.5 Å². The van der Waals surface area contributed by atoms with Crippen molar-refractivity contribution in [3.8, 4) is 11.5 Å². The minimum atomic E-state index is -3.50. The predicted octanol–water partition coefficient (Wildman–Crippen LogP) is 11.9. The first-order valence-electron chi connectivity index (χ1n) is 21.0. The molecule has 7 heteroatoms. The minimum Gasteiger partial charge on any atom is -0.491 e. The molecule has 0 aromatic heterocycles. The molecule has 0 fully saturated rings. The quantitative estimate of drug-likeness (QED) is 0.0804. The van der Waals surface area contributed by atoms with Gasteiger partial charge in [-0.1, -0.05) is 121 Å². The van der Waals surface area contributed by atoms with Gasteiger partial charge in [-0.2, -0.15) is 0 Å². The lowest BCUT2D eigenvalue weighted by Gasteiger charge is -2.37. The van der Waals surface area contributed by atoms with Crippen molar-refractivity contribution < 1.29 is 23.5 Å². The van der Waals surface area contributed by atoms with Crippen molar-refractivity contribution in [2.75, 3.05) is 45.5 Å². The van der Waals surface area contributed by atoms with Crippen LogP contribution in [0, 0.1) is 0 Å². The number of hydrogen-bond donors (Lipinski definition) is 0. The third kappa shape index (κ3) is 6.54. The van der Waals surface area contributed by atoms with Gasteiger partial charge in [-0.25, -0.2) is 0 Å². The maximum atomic E-state index is 16.9. The van der Waals surface area contributed by atoms with Crippen LogP contribution in [0.1, 0.15) is 27.8 Å². The van der Waals surface area contributed by atoms with Crippen LogP contribution < -0.4 is 25.0 Å². The Balaban J connectivity index is 1.31. The largest absolute Gasteiger partial charge is 0.491 e. The van der Waals surface area contributed by atoms with Crippen LogP contribution in [-0.2, 0) is 19.5 Å². The summed E-state index contributed by atoms with van der Waals surface area (Å²) in [6, 6.07) is 67.5. The van der Waals surface area contributed by atoms with E-state index >= 15 is 4.57 Å². The van der Waals surface area contributed by atoms with Crippen molar-refractivity contribution in [2.24, 2.45) is 0 Å². The van der Waals surface area contributed by atoms with Crippen molar-refractivity contribution in [1.82, 2.24) is 0 Å². The van der Waals surface area contributed by atoms with Crippen LogP contribution in [0.25, 0.3) is 21.7 Å². The Kier molecular flexibility index (Phi) is 10.6. The summed E-state index contributed by atoms with van der Waals surface area (Å²) in [5.74, 6) is 1.49. The van der Waals surface area contributed by atoms with E-state index in [4.69, 9.17) is 18.9 Å². The highest BCUT2D eigenvalue weighted by atomic mass is 31.2. The Morgan fingerprint density at radius 2 is 0.984 bits per heavy atom. The zero-order valence-corrected chi connectivity index (χ0v) is 35.6. The van der Waals surface area contributed by atoms with E-state index in [2.05, 4.69) is 132 Å². The van der Waals surface area contributed by atoms with E-state index in [1.165, 1.54) is 0 Å². The summed E-state index contributed by atoms with van der Waals surface area (Å²) in [6.45, 7) is 1.83. The lowest BCUT2D eigenvalue weighted by atomic mass is 9.65. The van der Waals surface area contributed by atoms with Crippen LogP contribution in [-0.4, -0.2) is 40.6 Å². The number of rotatable bonds is 14. The number of para-hydroxylation sites is 2. The maximum absolute atomic E-state index is 16.9. The molecule has 1 atom stereocenters. The summed E-state index contributed by atoms with van der Waals surface area (Å²) >= 11 is 0. The maximum Gasteiger partial charge on any atom is 0.172 e. The van der Waals surface area contributed by atoms with Crippen LogP contribution in [0.5, 0.6) is 11.5 Å². The normalized spacial score (nSPS) is 15.8. The van der Waals surface area contributed by atoms with Crippen molar-refractivity contribution in [3.63, 3.8) is 0 Å². The van der Waals surface area contributed by atoms with Crippen LogP contribution in [0.15, 0.2) is 194 Å². The molecule has 0 radical (unpaired) electrons. The zero-order chi connectivity index (χ0) is 42.1. The van der Waals surface area contributed by atoms with Gasteiger partial charge in [-0.3, -0.25) is 0 Å². The van der Waals surface area contributed by atoms with Gasteiger partial charge in [0.2, 0.25) is 0 Å². The second kappa shape index (κ2) is 16.6. The van der Waals surface area contributed by atoms with E-state index in [0.29, 0.717) is 26.4 Å². The fraction of sp³-hybridized carbons (Fsp3) is 0.127. The molecule has 2 aliphatic rings. The molecule has 1 unspecified atom stereocenters. The van der Waals surface area contributed by atoms with Gasteiger partial charge in [0, 0.05) is 47.2 Å². The van der Waals surface area contributed by atoms with Crippen LogP contribution in [0.4, 0.5) is 17.1 Å². The summed E-state index contributed by atoms with van der Waals surface area (Å²) in [4.78, 5) is 2.30. The predicted molar refractivity (Wildman–Crippen MR) is 253 cm³/mol. The van der Waals surface area contributed by atoms with Crippen molar-refractivity contribution in [3.05, 3.63) is 222 Å². The topological polar surface area (TPSA) is 57.2 Å². The minimum absolute atomic E-state index is 0.433. The highest BCUT2D eigenvalue weighted by Gasteiger charge is 2.57. The molecule has 8 aromatic rings. The molecule has 0 bridgehead atoms. The van der Waals surface area contributed by atoms with E-state index in [-0.39, 0.29) is 0 Å². The molecule has 6 nitrogen and oxygen atoms in total. The van der Waals surface area contributed by atoms with Gasteiger partial charge in [0.15, 0.2) is 7.14 Å². The number of benzene rings is 8. The Morgan fingerprint density at radius 1 is 0.484 bits per heavy atom. The van der Waals surface area contributed by atoms with Gasteiger partial charge in [0.25, 0.3) is 0 Å². The second-order valence-corrected chi connectivity index (χ2v) is 18.3. The van der Waals surface area contributed by atoms with Gasteiger partial charge in [-0.05, 0) is 117 Å². The third-order valence-corrected chi connectivity index (χ3v) is 15.3. The molecule has 10 rings (SSSR count). The van der Waals surface area contributed by atoms with E-state index in [0.717, 1.165) is 88.6 Å².